The van der Waals surface area contributed by atoms with Crippen molar-refractivity contribution in [3.8, 4) is 0 Å². The third-order valence-electron chi connectivity index (χ3n) is 3.18. The van der Waals surface area contributed by atoms with Gasteiger partial charge in [0.05, 0.1) is 0 Å². The van der Waals surface area contributed by atoms with Crippen molar-refractivity contribution in [2.45, 2.75) is 18.8 Å². The van der Waals surface area contributed by atoms with Gasteiger partial charge in [-0.3, -0.25) is 0 Å². The van der Waals surface area contributed by atoms with E-state index in [2.05, 4.69) is 26.2 Å². The number of nitrogens with one attached hydrogen (secondary N) is 1. The number of aliphatic hydroxyl groups is 2. The molecule has 8 heteroatoms. The Bertz CT molecular complexity index is 687. The molecule has 1 aromatic carbocycles. The zero-order chi connectivity index (χ0) is 17.5. The second kappa shape index (κ2) is 8.98. The van der Waals surface area contributed by atoms with Crippen molar-refractivity contribution >= 4 is 33.6 Å². The summed E-state index contributed by atoms with van der Waals surface area (Å²) < 4.78 is 5.63. The number of halogens is 2. The molecule has 0 bridgehead atoms. The van der Waals surface area contributed by atoms with Gasteiger partial charge in [0, 0.05) is 22.8 Å². The molecule has 2 atom stereocenters. The minimum atomic E-state index is -1.29. The molecule has 2 rings (SSSR count). The summed E-state index contributed by atoms with van der Waals surface area (Å²) >= 11 is 9.12. The van der Waals surface area contributed by atoms with Crippen LogP contribution in [0.2, 0.25) is 5.15 Å². The molecule has 1 heterocycles. The van der Waals surface area contributed by atoms with Crippen LogP contribution in [0.15, 0.2) is 47.1 Å². The number of alkyl carbamates (subject to hydrolysis) is 1. The Morgan fingerprint density at radius 2 is 2.04 bits per heavy atom. The molecule has 0 saturated heterocycles. The monoisotopic (exact) mass is 414 g/mol. The van der Waals surface area contributed by atoms with Crippen molar-refractivity contribution in [3.63, 3.8) is 0 Å². The molecule has 6 nitrogen and oxygen atoms in total. The molecule has 1 amide bonds. The summed E-state index contributed by atoms with van der Waals surface area (Å²) in [6, 6.07) is 10.8. The largest absolute Gasteiger partial charge is 0.445 e. The first-order chi connectivity index (χ1) is 11.5. The second-order valence-corrected chi connectivity index (χ2v) is 6.26. The fourth-order valence-electron chi connectivity index (χ4n) is 1.93. The molecule has 128 valence electrons. The Balaban J connectivity index is 1.82. The third-order valence-corrected chi connectivity index (χ3v) is 3.93. The van der Waals surface area contributed by atoms with E-state index in [4.69, 9.17) is 16.3 Å². The summed E-state index contributed by atoms with van der Waals surface area (Å²) in [6.07, 6.45) is -1.77. The van der Waals surface area contributed by atoms with Gasteiger partial charge in [-0.1, -0.05) is 41.9 Å². The number of ether oxygens (including phenoxy) is 1. The Morgan fingerprint density at radius 1 is 1.33 bits per heavy atom. The summed E-state index contributed by atoms with van der Waals surface area (Å²) in [6.45, 7) is -0.0790. The highest BCUT2D eigenvalue weighted by Gasteiger charge is 2.22. The smallest absolute Gasteiger partial charge is 0.407 e. The van der Waals surface area contributed by atoms with Crippen molar-refractivity contribution in [3.05, 3.63) is 63.3 Å². The standard InChI is InChI=1S/C16H16BrClN2O4/c17-11-6-12(15(18)19-7-11)14(22)13(21)8-20-16(23)24-9-10-4-2-1-3-5-10/h1-7,13-14,21-22H,8-9H2,(H,20,23). The molecule has 0 aliphatic carbocycles. The highest BCUT2D eigenvalue weighted by atomic mass is 79.9. The first-order valence-corrected chi connectivity index (χ1v) is 8.26. The number of carbonyl (C=O) groups is 1. The van der Waals surface area contributed by atoms with Crippen LogP contribution in [0.5, 0.6) is 0 Å². The predicted molar refractivity (Wildman–Crippen MR) is 92.5 cm³/mol. The number of aliphatic hydroxyl groups excluding tert-OH is 2. The lowest BCUT2D eigenvalue weighted by atomic mass is 10.1. The molecule has 0 spiro atoms. The maximum Gasteiger partial charge on any atom is 0.407 e. The van der Waals surface area contributed by atoms with Gasteiger partial charge in [-0.25, -0.2) is 9.78 Å². The minimum Gasteiger partial charge on any atom is -0.445 e. The van der Waals surface area contributed by atoms with Gasteiger partial charge in [-0.2, -0.15) is 0 Å². The average Bonchev–Trinajstić information content (AvgIpc) is 2.60. The molecule has 0 aliphatic heterocycles. The van der Waals surface area contributed by atoms with Crippen molar-refractivity contribution in [2.24, 2.45) is 0 Å². The minimum absolute atomic E-state index is 0.0800. The quantitative estimate of drug-likeness (QED) is 0.631. The third kappa shape index (κ3) is 5.45. The fourth-order valence-corrected chi connectivity index (χ4v) is 2.49. The first kappa shape index (κ1) is 18.7. The highest BCUT2D eigenvalue weighted by Crippen LogP contribution is 2.26. The summed E-state index contributed by atoms with van der Waals surface area (Å²) in [5.74, 6) is 0. The Hall–Kier alpha value is -1.67. The molecule has 1 aromatic heterocycles. The van der Waals surface area contributed by atoms with Crippen LogP contribution in [0.1, 0.15) is 17.2 Å². The molecule has 2 aromatic rings. The number of hydrogen-bond acceptors (Lipinski definition) is 5. The van der Waals surface area contributed by atoms with Crippen LogP contribution in [0.4, 0.5) is 4.79 Å². The number of carbonyl (C=O) groups excluding carboxylic acids is 1. The van der Waals surface area contributed by atoms with Gasteiger partial charge in [0.15, 0.2) is 0 Å². The topological polar surface area (TPSA) is 91.7 Å². The Labute approximate surface area is 152 Å². The lowest BCUT2D eigenvalue weighted by molar-refractivity contribution is 0.0182. The number of rotatable bonds is 6. The van der Waals surface area contributed by atoms with Crippen LogP contribution in [0.25, 0.3) is 0 Å². The summed E-state index contributed by atoms with van der Waals surface area (Å²) in [5.41, 5.74) is 1.11. The van der Waals surface area contributed by atoms with E-state index in [0.29, 0.717) is 4.47 Å². The number of amides is 1. The van der Waals surface area contributed by atoms with E-state index < -0.39 is 18.3 Å². The molecule has 24 heavy (non-hydrogen) atoms. The molecular formula is C16H16BrClN2O4. The maximum atomic E-state index is 11.6. The van der Waals surface area contributed by atoms with E-state index in [9.17, 15) is 15.0 Å². The van der Waals surface area contributed by atoms with Gasteiger partial charge in [0.25, 0.3) is 0 Å². The zero-order valence-electron chi connectivity index (χ0n) is 12.5. The first-order valence-electron chi connectivity index (χ1n) is 7.09. The van der Waals surface area contributed by atoms with Crippen LogP contribution in [0.3, 0.4) is 0 Å². The van der Waals surface area contributed by atoms with E-state index in [1.807, 2.05) is 30.3 Å². The lowest BCUT2D eigenvalue weighted by Gasteiger charge is -2.19. The van der Waals surface area contributed by atoms with Crippen LogP contribution in [0, 0.1) is 0 Å². The number of nitrogens with zero attached hydrogens (tertiary/aromatic N) is 1. The van der Waals surface area contributed by atoms with E-state index in [-0.39, 0.29) is 23.9 Å². The number of pyridine rings is 1. The highest BCUT2D eigenvalue weighted by molar-refractivity contribution is 9.10. The van der Waals surface area contributed by atoms with Gasteiger partial charge in [-0.05, 0) is 27.6 Å². The number of benzene rings is 1. The van der Waals surface area contributed by atoms with Crippen molar-refractivity contribution < 1.29 is 19.7 Å². The molecule has 0 saturated carbocycles. The molecule has 3 N–H and O–H groups in total. The van der Waals surface area contributed by atoms with E-state index in [1.54, 1.807) is 6.07 Å². The fraction of sp³-hybridized carbons (Fsp3) is 0.250. The summed E-state index contributed by atoms with van der Waals surface area (Å²) in [7, 11) is 0. The van der Waals surface area contributed by atoms with Gasteiger partial charge in [0.1, 0.15) is 24.0 Å². The average molecular weight is 416 g/mol. The SMILES string of the molecule is O=C(NCC(O)C(O)c1cc(Br)cnc1Cl)OCc1ccccc1. The Morgan fingerprint density at radius 3 is 2.75 bits per heavy atom. The van der Waals surface area contributed by atoms with Gasteiger partial charge >= 0.3 is 6.09 Å². The molecule has 0 fully saturated rings. The van der Waals surface area contributed by atoms with E-state index in [1.165, 1.54) is 6.20 Å². The lowest BCUT2D eigenvalue weighted by Crippen LogP contribution is -2.35. The van der Waals surface area contributed by atoms with Crippen molar-refractivity contribution in [1.29, 1.82) is 0 Å². The second-order valence-electron chi connectivity index (χ2n) is 4.99. The summed E-state index contributed by atoms with van der Waals surface area (Å²) in [4.78, 5) is 15.5. The molecular weight excluding hydrogens is 400 g/mol. The van der Waals surface area contributed by atoms with E-state index in [0.717, 1.165) is 5.56 Å². The van der Waals surface area contributed by atoms with Gasteiger partial charge < -0.3 is 20.3 Å². The van der Waals surface area contributed by atoms with Crippen LogP contribution >= 0.6 is 27.5 Å². The Kier molecular flexibility index (Phi) is 6.99. The van der Waals surface area contributed by atoms with E-state index >= 15 is 0 Å². The van der Waals surface area contributed by atoms with Gasteiger partial charge in [-0.15, -0.1) is 0 Å². The van der Waals surface area contributed by atoms with Crippen LogP contribution in [-0.2, 0) is 11.3 Å². The number of aromatic nitrogens is 1. The van der Waals surface area contributed by atoms with Crippen LogP contribution in [-0.4, -0.2) is 33.9 Å². The maximum absolute atomic E-state index is 11.6. The predicted octanol–water partition coefficient (Wildman–Crippen LogP) is 2.82. The summed E-state index contributed by atoms with van der Waals surface area (Å²) in [5, 5.41) is 22.6. The van der Waals surface area contributed by atoms with Crippen molar-refractivity contribution in [2.75, 3.05) is 6.54 Å². The normalized spacial score (nSPS) is 13.2. The molecule has 0 aliphatic rings. The molecule has 2 unspecified atom stereocenters. The van der Waals surface area contributed by atoms with Crippen LogP contribution < -0.4 is 5.32 Å². The molecule has 0 radical (unpaired) electrons. The number of hydrogen-bond donors (Lipinski definition) is 3. The zero-order valence-corrected chi connectivity index (χ0v) is 14.9. The van der Waals surface area contributed by atoms with Crippen molar-refractivity contribution in [1.82, 2.24) is 10.3 Å². The van der Waals surface area contributed by atoms with Gasteiger partial charge in [0.2, 0.25) is 0 Å².